The average Bonchev–Trinajstić information content (AvgIpc) is 2.55. The number of rotatable bonds is 2. The first-order valence-corrected chi connectivity index (χ1v) is 5.41. The number of hydrogen-bond acceptors (Lipinski definition) is 5. The highest BCUT2D eigenvalue weighted by Crippen LogP contribution is 2.37. The number of aliphatic hydroxyl groups excluding tert-OH is 2. The highest BCUT2D eigenvalue weighted by Gasteiger charge is 2.53. The lowest BCUT2D eigenvalue weighted by Gasteiger charge is -2.38. The number of ether oxygens (including phenoxy) is 3. The van der Waals surface area contributed by atoms with Crippen LogP contribution in [0.15, 0.2) is 12.7 Å². The molecule has 2 N–H and O–H groups in total. The number of fused-ring (bicyclic) bond motifs is 1. The van der Waals surface area contributed by atoms with Crippen LogP contribution in [0.4, 0.5) is 0 Å². The van der Waals surface area contributed by atoms with Gasteiger partial charge in [-0.1, -0.05) is 6.08 Å². The second-order valence-electron chi connectivity index (χ2n) is 4.61. The molecule has 0 aromatic rings. The van der Waals surface area contributed by atoms with Gasteiger partial charge in [-0.3, -0.25) is 0 Å². The fourth-order valence-corrected chi connectivity index (χ4v) is 2.25. The zero-order valence-corrected chi connectivity index (χ0v) is 9.50. The summed E-state index contributed by atoms with van der Waals surface area (Å²) in [7, 11) is 0. The molecule has 0 amide bonds. The van der Waals surface area contributed by atoms with Crippen LogP contribution in [0.2, 0.25) is 0 Å². The van der Waals surface area contributed by atoms with Gasteiger partial charge in [0.2, 0.25) is 0 Å². The molecule has 2 saturated heterocycles. The zero-order chi connectivity index (χ0) is 11.9. The van der Waals surface area contributed by atoms with Crippen LogP contribution in [0.3, 0.4) is 0 Å². The van der Waals surface area contributed by atoms with Crippen LogP contribution < -0.4 is 0 Å². The van der Waals surface area contributed by atoms with Crippen LogP contribution in [0.25, 0.3) is 0 Å². The molecule has 16 heavy (non-hydrogen) atoms. The van der Waals surface area contributed by atoms with E-state index in [1.165, 1.54) is 0 Å². The molecule has 2 aliphatic rings. The summed E-state index contributed by atoms with van der Waals surface area (Å²) in [5.74, 6) is -0.745. The molecule has 0 aromatic carbocycles. The van der Waals surface area contributed by atoms with Gasteiger partial charge in [0.15, 0.2) is 5.79 Å². The first kappa shape index (κ1) is 12.0. The summed E-state index contributed by atoms with van der Waals surface area (Å²) >= 11 is 0. The minimum atomic E-state index is -0.882. The van der Waals surface area contributed by atoms with Crippen LogP contribution in [-0.4, -0.2) is 53.1 Å². The fourth-order valence-electron chi connectivity index (χ4n) is 2.25. The van der Waals surface area contributed by atoms with Crippen molar-refractivity contribution in [3.8, 4) is 0 Å². The van der Waals surface area contributed by atoms with Crippen molar-refractivity contribution in [2.45, 2.75) is 50.2 Å². The Morgan fingerprint density at radius 2 is 1.94 bits per heavy atom. The minimum Gasteiger partial charge on any atom is -0.394 e. The van der Waals surface area contributed by atoms with E-state index in [0.717, 1.165) is 0 Å². The lowest BCUT2D eigenvalue weighted by molar-refractivity contribution is -0.183. The summed E-state index contributed by atoms with van der Waals surface area (Å²) in [5, 5.41) is 19.1. The Morgan fingerprint density at radius 3 is 2.50 bits per heavy atom. The molecule has 0 bridgehead atoms. The molecule has 0 aromatic heterocycles. The lowest BCUT2D eigenvalue weighted by atomic mass is 9.95. The van der Waals surface area contributed by atoms with Gasteiger partial charge in [0.1, 0.15) is 30.5 Å². The van der Waals surface area contributed by atoms with E-state index >= 15 is 0 Å². The molecule has 2 heterocycles. The summed E-state index contributed by atoms with van der Waals surface area (Å²) < 4.78 is 16.8. The van der Waals surface area contributed by atoms with E-state index in [1.54, 1.807) is 19.9 Å². The van der Waals surface area contributed by atoms with E-state index in [1.807, 2.05) is 0 Å². The molecule has 0 saturated carbocycles. The molecule has 0 spiro atoms. The quantitative estimate of drug-likeness (QED) is 0.644. The van der Waals surface area contributed by atoms with E-state index in [-0.39, 0.29) is 18.8 Å². The summed E-state index contributed by atoms with van der Waals surface area (Å²) in [6, 6.07) is 0. The Hall–Kier alpha value is -0.460. The third-order valence-electron chi connectivity index (χ3n) is 2.95. The van der Waals surface area contributed by atoms with Gasteiger partial charge < -0.3 is 24.4 Å². The highest BCUT2D eigenvalue weighted by molar-refractivity contribution is 5.03. The summed E-state index contributed by atoms with van der Waals surface area (Å²) in [6.07, 6.45) is -1.15. The molecule has 5 nitrogen and oxygen atoms in total. The van der Waals surface area contributed by atoms with Gasteiger partial charge in [0.25, 0.3) is 0 Å². The highest BCUT2D eigenvalue weighted by atomic mass is 16.8. The van der Waals surface area contributed by atoms with Crippen LogP contribution in [0, 0.1) is 0 Å². The van der Waals surface area contributed by atoms with Crippen molar-refractivity contribution in [3.05, 3.63) is 12.7 Å². The maximum absolute atomic E-state index is 9.96. The minimum absolute atomic E-state index is 0.251. The first-order chi connectivity index (χ1) is 7.48. The normalized spacial score (nSPS) is 46.4. The second kappa shape index (κ2) is 4.09. The van der Waals surface area contributed by atoms with E-state index in [4.69, 9.17) is 19.3 Å². The maximum Gasteiger partial charge on any atom is 0.164 e. The zero-order valence-electron chi connectivity index (χ0n) is 9.50. The first-order valence-electron chi connectivity index (χ1n) is 5.41. The summed E-state index contributed by atoms with van der Waals surface area (Å²) in [5.41, 5.74) is 0. The van der Waals surface area contributed by atoms with Crippen molar-refractivity contribution in [2.75, 3.05) is 6.61 Å². The smallest absolute Gasteiger partial charge is 0.164 e. The van der Waals surface area contributed by atoms with Crippen molar-refractivity contribution in [2.24, 2.45) is 0 Å². The molecule has 92 valence electrons. The van der Waals surface area contributed by atoms with Gasteiger partial charge in [-0.25, -0.2) is 0 Å². The monoisotopic (exact) mass is 230 g/mol. The molecule has 0 unspecified atom stereocenters. The van der Waals surface area contributed by atoms with Crippen molar-refractivity contribution in [1.29, 1.82) is 0 Å². The van der Waals surface area contributed by atoms with Crippen LogP contribution in [0.5, 0.6) is 0 Å². The van der Waals surface area contributed by atoms with E-state index in [9.17, 15) is 5.11 Å². The fraction of sp³-hybridized carbons (Fsp3) is 0.818. The molecular weight excluding hydrogens is 212 g/mol. The number of hydrogen-bond donors (Lipinski definition) is 2. The molecule has 2 aliphatic heterocycles. The third-order valence-corrected chi connectivity index (χ3v) is 2.95. The Kier molecular flexibility index (Phi) is 3.07. The van der Waals surface area contributed by atoms with Gasteiger partial charge in [0.05, 0.1) is 6.61 Å². The maximum atomic E-state index is 9.96. The lowest BCUT2D eigenvalue weighted by Crippen LogP contribution is -2.56. The second-order valence-corrected chi connectivity index (χ2v) is 4.61. The molecule has 2 rings (SSSR count). The van der Waals surface area contributed by atoms with E-state index in [0.29, 0.717) is 0 Å². The topological polar surface area (TPSA) is 68.2 Å². The predicted octanol–water partition coefficient (Wildman–Crippen LogP) is -0.187. The Labute approximate surface area is 94.6 Å². The largest absolute Gasteiger partial charge is 0.394 e. The predicted molar refractivity (Wildman–Crippen MR) is 55.8 cm³/mol. The van der Waals surface area contributed by atoms with Crippen molar-refractivity contribution < 1.29 is 24.4 Å². The average molecular weight is 230 g/mol. The molecule has 5 atom stereocenters. The molecule has 0 radical (unpaired) electrons. The Bertz CT molecular complexity index is 278. The van der Waals surface area contributed by atoms with Gasteiger partial charge in [0, 0.05) is 0 Å². The molecule has 0 aliphatic carbocycles. The summed E-state index contributed by atoms with van der Waals surface area (Å²) in [6.45, 7) is 6.98. The van der Waals surface area contributed by atoms with Crippen LogP contribution in [0.1, 0.15) is 13.8 Å². The number of aliphatic hydroxyl groups is 2. The van der Waals surface area contributed by atoms with Gasteiger partial charge in [-0.2, -0.15) is 0 Å². The summed E-state index contributed by atoms with van der Waals surface area (Å²) in [4.78, 5) is 0. The van der Waals surface area contributed by atoms with Gasteiger partial charge in [-0.05, 0) is 13.8 Å². The Morgan fingerprint density at radius 1 is 1.31 bits per heavy atom. The van der Waals surface area contributed by atoms with Crippen LogP contribution in [-0.2, 0) is 14.2 Å². The SMILES string of the molecule is C=C[C@H]1O[C@H](CO)[C@@H](O)[C@@H]2OC(C)(C)O[C@@H]21. The van der Waals surface area contributed by atoms with Crippen molar-refractivity contribution in [1.82, 2.24) is 0 Å². The molecule has 2 fully saturated rings. The van der Waals surface area contributed by atoms with Gasteiger partial charge >= 0.3 is 0 Å². The van der Waals surface area contributed by atoms with Gasteiger partial charge in [-0.15, -0.1) is 6.58 Å². The van der Waals surface area contributed by atoms with Crippen molar-refractivity contribution in [3.63, 3.8) is 0 Å². The van der Waals surface area contributed by atoms with E-state index < -0.39 is 24.1 Å². The molecular formula is C11H18O5. The van der Waals surface area contributed by atoms with E-state index in [2.05, 4.69) is 6.58 Å². The third kappa shape index (κ3) is 1.89. The Balaban J connectivity index is 2.21. The molecule has 5 heteroatoms. The standard InChI is InChI=1S/C11H18O5/c1-4-6-9-10(16-11(2,3)15-9)8(13)7(5-12)14-6/h4,6-10,12-13H,1,5H2,2-3H3/t6-,7-,8-,9-,10+/m1/s1. The van der Waals surface area contributed by atoms with Crippen molar-refractivity contribution >= 4 is 0 Å². The van der Waals surface area contributed by atoms with Crippen LogP contribution >= 0.6 is 0 Å².